The first-order valence-electron chi connectivity index (χ1n) is 9.71. The summed E-state index contributed by atoms with van der Waals surface area (Å²) in [5.41, 5.74) is -0.326. The van der Waals surface area contributed by atoms with Crippen LogP contribution in [-0.4, -0.2) is 37.4 Å². The average molecular weight is 463 g/mol. The molecule has 0 bridgehead atoms. The molecule has 0 aliphatic heterocycles. The van der Waals surface area contributed by atoms with Crippen LogP contribution in [0.3, 0.4) is 0 Å². The smallest absolute Gasteiger partial charge is 0.325 e. The Hall–Kier alpha value is -3.40. The van der Waals surface area contributed by atoms with Gasteiger partial charge in [0.25, 0.3) is 15.9 Å². The minimum absolute atomic E-state index is 0.0107. The molecule has 0 aliphatic rings. The zero-order valence-electron chi connectivity index (χ0n) is 18.4. The van der Waals surface area contributed by atoms with Gasteiger partial charge in [-0.15, -0.1) is 0 Å². The molecule has 0 heterocycles. The lowest BCUT2D eigenvalue weighted by Crippen LogP contribution is -2.38. The van der Waals surface area contributed by atoms with Crippen LogP contribution in [0.5, 0.6) is 5.75 Å². The quantitative estimate of drug-likeness (QED) is 0.425. The number of hydrogen-bond donors (Lipinski definition) is 3. The number of carboxylic acid groups (broad SMARTS) is 1. The highest BCUT2D eigenvalue weighted by atomic mass is 32.2. The fourth-order valence-corrected chi connectivity index (χ4v) is 3.63. The van der Waals surface area contributed by atoms with Crippen molar-refractivity contribution in [3.8, 4) is 5.75 Å². The molecule has 0 spiro atoms. The van der Waals surface area contributed by atoms with Crippen LogP contribution in [0.15, 0.2) is 47.4 Å². The van der Waals surface area contributed by atoms with Crippen LogP contribution < -0.4 is 14.8 Å². The van der Waals surface area contributed by atoms with E-state index in [1.807, 2.05) is 0 Å². The third-order valence-electron chi connectivity index (χ3n) is 4.41. The topological polar surface area (TPSA) is 139 Å². The number of aryl methyl sites for hydroxylation is 1. The second-order valence-electron chi connectivity index (χ2n) is 8.25. The molecule has 9 nitrogen and oxygen atoms in total. The Morgan fingerprint density at radius 3 is 2.25 bits per heavy atom. The maximum Gasteiger partial charge on any atom is 0.325 e. The third-order valence-corrected chi connectivity index (χ3v) is 5.77. The summed E-state index contributed by atoms with van der Waals surface area (Å²) in [7, 11) is -4.10. The number of para-hydroxylation sites is 1. The molecule has 0 aromatic heterocycles. The van der Waals surface area contributed by atoms with Crippen molar-refractivity contribution in [1.29, 1.82) is 0 Å². The molecule has 0 fully saturated rings. The van der Waals surface area contributed by atoms with Crippen LogP contribution in [0.2, 0.25) is 0 Å². The van der Waals surface area contributed by atoms with E-state index in [1.54, 1.807) is 27.7 Å². The number of sulfonamides is 1. The van der Waals surface area contributed by atoms with Crippen molar-refractivity contribution in [3.63, 3.8) is 0 Å². The van der Waals surface area contributed by atoms with Crippen LogP contribution in [0.1, 0.15) is 43.6 Å². The van der Waals surface area contributed by atoms with Gasteiger partial charge in [-0.3, -0.25) is 19.1 Å². The summed E-state index contributed by atoms with van der Waals surface area (Å²) < 4.78 is 33.5. The van der Waals surface area contributed by atoms with E-state index in [0.29, 0.717) is 5.56 Å². The second kappa shape index (κ2) is 9.39. The van der Waals surface area contributed by atoms with E-state index in [2.05, 4.69) is 10.0 Å². The van der Waals surface area contributed by atoms with Crippen LogP contribution in [-0.2, 0) is 19.6 Å². The van der Waals surface area contributed by atoms with E-state index in [4.69, 9.17) is 9.84 Å². The fourth-order valence-electron chi connectivity index (χ4n) is 2.47. The van der Waals surface area contributed by atoms with Gasteiger partial charge in [-0.25, -0.2) is 8.42 Å². The number of nitrogens with one attached hydrogen (secondary N) is 2. The number of ether oxygens (including phenoxy) is 1. The molecule has 32 heavy (non-hydrogen) atoms. The molecule has 1 amide bonds. The summed E-state index contributed by atoms with van der Waals surface area (Å²) in [6.07, 6.45) is 0. The number of carbonyl (C=O) groups is 3. The maximum absolute atomic E-state index is 12.9. The van der Waals surface area contributed by atoms with E-state index in [9.17, 15) is 22.8 Å². The van der Waals surface area contributed by atoms with E-state index in [1.165, 1.54) is 49.4 Å². The van der Waals surface area contributed by atoms with Crippen LogP contribution in [0.4, 0.5) is 5.69 Å². The first-order chi connectivity index (χ1) is 14.7. The molecule has 3 N–H and O–H groups in total. The lowest BCUT2D eigenvalue weighted by Gasteiger charge is -2.18. The van der Waals surface area contributed by atoms with Gasteiger partial charge in [0, 0.05) is 0 Å². The molecular formula is C22H26N2O7S. The summed E-state index contributed by atoms with van der Waals surface area (Å²) in [6, 6.07) is 8.71. The van der Waals surface area contributed by atoms with Crippen molar-refractivity contribution >= 4 is 33.6 Å². The lowest BCUT2D eigenvalue weighted by molar-refractivity contribution is -0.143. The van der Waals surface area contributed by atoms with Gasteiger partial charge in [0.1, 0.15) is 11.8 Å². The van der Waals surface area contributed by atoms with Crippen LogP contribution >= 0.6 is 0 Å². The average Bonchev–Trinajstić information content (AvgIpc) is 2.68. The Labute approximate surface area is 186 Å². The number of benzene rings is 2. The van der Waals surface area contributed by atoms with Gasteiger partial charge >= 0.3 is 11.9 Å². The van der Waals surface area contributed by atoms with Crippen molar-refractivity contribution in [2.24, 2.45) is 5.41 Å². The molecule has 2 aromatic carbocycles. The summed E-state index contributed by atoms with van der Waals surface area (Å²) in [5.74, 6) is -2.17. The highest BCUT2D eigenvalue weighted by molar-refractivity contribution is 7.92. The number of amides is 1. The maximum atomic E-state index is 12.9. The number of aliphatic carboxylic acids is 1. The van der Waals surface area contributed by atoms with Gasteiger partial charge in [0.2, 0.25) is 0 Å². The monoisotopic (exact) mass is 462 g/mol. The minimum atomic E-state index is -4.10. The van der Waals surface area contributed by atoms with Gasteiger partial charge in [-0.05, 0) is 70.5 Å². The number of anilines is 1. The fraction of sp³-hybridized carbons (Fsp3) is 0.318. The normalized spacial score (nSPS) is 12.5. The van der Waals surface area contributed by atoms with Gasteiger partial charge in [0.15, 0.2) is 0 Å². The number of carboxylic acids is 1. The summed E-state index contributed by atoms with van der Waals surface area (Å²) >= 11 is 0. The Kier molecular flexibility index (Phi) is 7.30. The molecule has 1 atom stereocenters. The van der Waals surface area contributed by atoms with Gasteiger partial charge in [0.05, 0.1) is 21.6 Å². The van der Waals surface area contributed by atoms with E-state index < -0.39 is 39.3 Å². The molecule has 2 rings (SSSR count). The Bertz CT molecular complexity index is 1150. The molecule has 10 heteroatoms. The molecule has 2 aromatic rings. The molecular weight excluding hydrogens is 436 g/mol. The highest BCUT2D eigenvalue weighted by Gasteiger charge is 2.25. The predicted octanol–water partition coefficient (Wildman–Crippen LogP) is 2.95. The molecule has 0 unspecified atom stereocenters. The first kappa shape index (κ1) is 24.9. The number of rotatable bonds is 7. The summed E-state index contributed by atoms with van der Waals surface area (Å²) in [6.45, 7) is 8.03. The summed E-state index contributed by atoms with van der Waals surface area (Å²) in [4.78, 5) is 35.4. The van der Waals surface area contributed by atoms with Crippen molar-refractivity contribution < 1.29 is 32.6 Å². The van der Waals surface area contributed by atoms with Crippen molar-refractivity contribution in [3.05, 3.63) is 53.6 Å². The molecule has 0 saturated carbocycles. The van der Waals surface area contributed by atoms with Crippen molar-refractivity contribution in [2.45, 2.75) is 45.6 Å². The Balaban J connectivity index is 2.29. The van der Waals surface area contributed by atoms with Crippen LogP contribution in [0, 0.1) is 12.3 Å². The van der Waals surface area contributed by atoms with Gasteiger partial charge in [-0.2, -0.15) is 0 Å². The van der Waals surface area contributed by atoms with Gasteiger partial charge < -0.3 is 15.2 Å². The lowest BCUT2D eigenvalue weighted by atomic mass is 9.97. The van der Waals surface area contributed by atoms with E-state index in [-0.39, 0.29) is 21.9 Å². The van der Waals surface area contributed by atoms with Gasteiger partial charge in [-0.1, -0.05) is 12.1 Å². The first-order valence-corrected chi connectivity index (χ1v) is 11.2. The largest absolute Gasteiger partial charge is 0.480 e. The predicted molar refractivity (Wildman–Crippen MR) is 118 cm³/mol. The molecule has 0 radical (unpaired) electrons. The van der Waals surface area contributed by atoms with Crippen molar-refractivity contribution in [1.82, 2.24) is 5.32 Å². The van der Waals surface area contributed by atoms with E-state index >= 15 is 0 Å². The second-order valence-corrected chi connectivity index (χ2v) is 9.93. The molecule has 172 valence electrons. The summed E-state index contributed by atoms with van der Waals surface area (Å²) in [5, 5.41) is 11.3. The highest BCUT2D eigenvalue weighted by Crippen LogP contribution is 2.27. The molecule has 0 aliphatic carbocycles. The zero-order chi connectivity index (χ0) is 24.3. The van der Waals surface area contributed by atoms with Crippen LogP contribution in [0.25, 0.3) is 0 Å². The number of hydrogen-bond acceptors (Lipinski definition) is 6. The SMILES string of the molecule is Cc1cc(S(=O)(=O)Nc2ccccc2C(=O)N[C@@H](C)C(=O)O)ccc1OC(=O)C(C)(C)C. The molecule has 0 saturated heterocycles. The standard InChI is InChI=1S/C22H26N2O7S/c1-13-12-15(10-11-18(13)31-21(28)22(3,4)5)32(29,30)24-17-9-7-6-8-16(17)19(25)23-14(2)20(26)27/h6-12,14,24H,1-5H3,(H,23,25)(H,26,27)/t14-/m0/s1. The Morgan fingerprint density at radius 2 is 1.69 bits per heavy atom. The number of carbonyl (C=O) groups excluding carboxylic acids is 2. The minimum Gasteiger partial charge on any atom is -0.480 e. The van der Waals surface area contributed by atoms with Crippen molar-refractivity contribution in [2.75, 3.05) is 4.72 Å². The third kappa shape index (κ3) is 6.07. The zero-order valence-corrected chi connectivity index (χ0v) is 19.2. The van der Waals surface area contributed by atoms with E-state index in [0.717, 1.165) is 0 Å². The Morgan fingerprint density at radius 1 is 1.06 bits per heavy atom. The number of esters is 1.